The summed E-state index contributed by atoms with van der Waals surface area (Å²) >= 11 is 8.03. The summed E-state index contributed by atoms with van der Waals surface area (Å²) in [6, 6.07) is 17.0. The summed E-state index contributed by atoms with van der Waals surface area (Å²) in [7, 11) is 0. The Hall–Kier alpha value is -1.35. The van der Waals surface area contributed by atoms with Gasteiger partial charge in [0.05, 0.1) is 0 Å². The Morgan fingerprint density at radius 1 is 1.05 bits per heavy atom. The van der Waals surface area contributed by atoms with Crippen LogP contribution in [0.3, 0.4) is 0 Å². The molecule has 0 fully saturated rings. The summed E-state index contributed by atoms with van der Waals surface area (Å²) in [5.41, 5.74) is 2.58. The quantitative estimate of drug-likeness (QED) is 0.676. The molecule has 3 rings (SSSR count). The SMILES string of the molecule is CC(Cc1ccccc1Cl)NCc1csc2ccccc12. The van der Waals surface area contributed by atoms with Gasteiger partial charge >= 0.3 is 0 Å². The molecule has 0 bridgehead atoms. The van der Waals surface area contributed by atoms with Gasteiger partial charge in [0.15, 0.2) is 0 Å². The Morgan fingerprint density at radius 2 is 1.81 bits per heavy atom. The van der Waals surface area contributed by atoms with Crippen molar-refractivity contribution >= 4 is 33.0 Å². The number of hydrogen-bond acceptors (Lipinski definition) is 2. The highest BCUT2D eigenvalue weighted by Crippen LogP contribution is 2.25. The molecule has 0 aliphatic rings. The van der Waals surface area contributed by atoms with E-state index in [4.69, 9.17) is 11.6 Å². The Morgan fingerprint density at radius 3 is 2.67 bits per heavy atom. The molecule has 1 aromatic heterocycles. The first-order valence-electron chi connectivity index (χ1n) is 7.16. The third-order valence-electron chi connectivity index (χ3n) is 3.69. The predicted molar refractivity (Wildman–Crippen MR) is 93.3 cm³/mol. The van der Waals surface area contributed by atoms with E-state index in [9.17, 15) is 0 Å². The number of fused-ring (bicyclic) bond motifs is 1. The summed E-state index contributed by atoms with van der Waals surface area (Å²) in [6.45, 7) is 3.10. The summed E-state index contributed by atoms with van der Waals surface area (Å²) < 4.78 is 1.35. The van der Waals surface area contributed by atoms with Crippen LogP contribution in [-0.4, -0.2) is 6.04 Å². The largest absolute Gasteiger partial charge is 0.310 e. The van der Waals surface area contributed by atoms with E-state index in [1.54, 1.807) is 0 Å². The van der Waals surface area contributed by atoms with Crippen molar-refractivity contribution in [2.24, 2.45) is 0 Å². The molecule has 3 heteroatoms. The van der Waals surface area contributed by atoms with E-state index >= 15 is 0 Å². The lowest BCUT2D eigenvalue weighted by Gasteiger charge is -2.14. The Kier molecular flexibility index (Phi) is 4.59. The molecule has 0 spiro atoms. The van der Waals surface area contributed by atoms with Crippen molar-refractivity contribution in [1.29, 1.82) is 0 Å². The van der Waals surface area contributed by atoms with Crippen LogP contribution in [-0.2, 0) is 13.0 Å². The second kappa shape index (κ2) is 6.61. The molecule has 1 unspecified atom stereocenters. The van der Waals surface area contributed by atoms with Gasteiger partial charge in [0.2, 0.25) is 0 Å². The van der Waals surface area contributed by atoms with Gasteiger partial charge < -0.3 is 5.32 Å². The van der Waals surface area contributed by atoms with Gasteiger partial charge in [-0.1, -0.05) is 48.0 Å². The lowest BCUT2D eigenvalue weighted by atomic mass is 10.1. The molecule has 0 saturated heterocycles. The van der Waals surface area contributed by atoms with Gasteiger partial charge in [0.1, 0.15) is 0 Å². The highest BCUT2D eigenvalue weighted by atomic mass is 35.5. The van der Waals surface area contributed by atoms with E-state index in [0.717, 1.165) is 18.0 Å². The molecule has 0 radical (unpaired) electrons. The molecule has 1 nitrogen and oxygen atoms in total. The van der Waals surface area contributed by atoms with Gasteiger partial charge in [-0.05, 0) is 47.4 Å². The normalized spacial score (nSPS) is 12.7. The maximum absolute atomic E-state index is 6.22. The number of hydrogen-bond donors (Lipinski definition) is 1. The van der Waals surface area contributed by atoms with Gasteiger partial charge in [-0.15, -0.1) is 11.3 Å². The second-order valence-corrected chi connectivity index (χ2v) is 6.65. The van der Waals surface area contributed by atoms with Crippen LogP contribution < -0.4 is 5.32 Å². The highest BCUT2D eigenvalue weighted by molar-refractivity contribution is 7.17. The van der Waals surface area contributed by atoms with Crippen molar-refractivity contribution in [1.82, 2.24) is 5.32 Å². The summed E-state index contributed by atoms with van der Waals surface area (Å²) in [4.78, 5) is 0. The first-order chi connectivity index (χ1) is 10.2. The summed E-state index contributed by atoms with van der Waals surface area (Å²) in [5, 5.41) is 8.07. The maximum Gasteiger partial charge on any atom is 0.0438 e. The topological polar surface area (TPSA) is 12.0 Å². The minimum absolute atomic E-state index is 0.392. The van der Waals surface area contributed by atoms with Gasteiger partial charge in [-0.3, -0.25) is 0 Å². The number of rotatable bonds is 5. The van der Waals surface area contributed by atoms with Crippen molar-refractivity contribution in [3.8, 4) is 0 Å². The number of nitrogens with one attached hydrogen (secondary N) is 1. The summed E-state index contributed by atoms with van der Waals surface area (Å²) in [5.74, 6) is 0. The standard InChI is InChI=1S/C18H18ClNS/c1-13(10-14-6-2-4-8-17(14)19)20-11-15-12-21-18-9-5-3-7-16(15)18/h2-9,12-13,20H,10-11H2,1H3. The van der Waals surface area contributed by atoms with E-state index < -0.39 is 0 Å². The van der Waals surface area contributed by atoms with E-state index in [1.807, 2.05) is 29.5 Å². The predicted octanol–water partition coefficient (Wildman–Crippen LogP) is 5.28. The molecule has 21 heavy (non-hydrogen) atoms. The summed E-state index contributed by atoms with van der Waals surface area (Å²) in [6.07, 6.45) is 0.946. The van der Waals surface area contributed by atoms with Crippen LogP contribution in [0, 0.1) is 0 Å². The van der Waals surface area contributed by atoms with Crippen molar-refractivity contribution in [2.75, 3.05) is 0 Å². The molecule has 0 aliphatic carbocycles. The van der Waals surface area contributed by atoms with Crippen LogP contribution in [0.1, 0.15) is 18.1 Å². The third kappa shape index (κ3) is 3.46. The average molecular weight is 316 g/mol. The van der Waals surface area contributed by atoms with Crippen molar-refractivity contribution in [3.05, 3.63) is 70.1 Å². The molecule has 2 aromatic carbocycles. The molecule has 0 aliphatic heterocycles. The van der Waals surface area contributed by atoms with Crippen LogP contribution in [0.25, 0.3) is 10.1 Å². The Balaban J connectivity index is 1.63. The molecule has 1 atom stereocenters. The molecule has 0 amide bonds. The van der Waals surface area contributed by atoms with Gasteiger partial charge in [-0.2, -0.15) is 0 Å². The first kappa shape index (κ1) is 14.6. The van der Waals surface area contributed by atoms with Crippen LogP contribution in [0.5, 0.6) is 0 Å². The highest BCUT2D eigenvalue weighted by Gasteiger charge is 2.08. The van der Waals surface area contributed by atoms with Crippen LogP contribution in [0.15, 0.2) is 53.9 Å². The fraction of sp³-hybridized carbons (Fsp3) is 0.222. The van der Waals surface area contributed by atoms with Crippen LogP contribution in [0.2, 0.25) is 5.02 Å². The van der Waals surface area contributed by atoms with Gasteiger partial charge in [0.25, 0.3) is 0 Å². The minimum Gasteiger partial charge on any atom is -0.310 e. The number of thiophene rings is 1. The molecule has 3 aromatic rings. The van der Waals surface area contributed by atoms with Gasteiger partial charge in [-0.25, -0.2) is 0 Å². The first-order valence-corrected chi connectivity index (χ1v) is 8.41. The van der Waals surface area contributed by atoms with E-state index in [0.29, 0.717) is 6.04 Å². The van der Waals surface area contributed by atoms with E-state index in [2.05, 4.69) is 48.0 Å². The zero-order valence-corrected chi connectivity index (χ0v) is 13.5. The van der Waals surface area contributed by atoms with E-state index in [-0.39, 0.29) is 0 Å². The fourth-order valence-corrected chi connectivity index (χ4v) is 3.70. The molecular weight excluding hydrogens is 298 g/mol. The van der Waals surface area contributed by atoms with Gasteiger partial charge in [0, 0.05) is 22.3 Å². The molecule has 1 N–H and O–H groups in total. The lowest BCUT2D eigenvalue weighted by Crippen LogP contribution is -2.27. The zero-order valence-electron chi connectivity index (χ0n) is 12.0. The lowest BCUT2D eigenvalue weighted by molar-refractivity contribution is 0.547. The minimum atomic E-state index is 0.392. The Labute approximate surface area is 134 Å². The molecular formula is C18H18ClNS. The van der Waals surface area contributed by atoms with Crippen LogP contribution >= 0.6 is 22.9 Å². The van der Waals surface area contributed by atoms with Crippen molar-refractivity contribution in [2.45, 2.75) is 25.9 Å². The zero-order chi connectivity index (χ0) is 14.7. The molecule has 1 heterocycles. The van der Waals surface area contributed by atoms with Crippen molar-refractivity contribution in [3.63, 3.8) is 0 Å². The van der Waals surface area contributed by atoms with E-state index in [1.165, 1.54) is 21.2 Å². The molecule has 108 valence electrons. The smallest absolute Gasteiger partial charge is 0.0438 e. The number of halogens is 1. The van der Waals surface area contributed by atoms with Crippen LogP contribution in [0.4, 0.5) is 0 Å². The fourth-order valence-electron chi connectivity index (χ4n) is 2.52. The molecule has 0 saturated carbocycles. The number of benzene rings is 2. The Bertz CT molecular complexity index is 735. The second-order valence-electron chi connectivity index (χ2n) is 5.33. The van der Waals surface area contributed by atoms with Crippen molar-refractivity contribution < 1.29 is 0 Å². The maximum atomic E-state index is 6.22. The monoisotopic (exact) mass is 315 g/mol. The third-order valence-corrected chi connectivity index (χ3v) is 5.07. The average Bonchev–Trinajstić information content (AvgIpc) is 2.91.